The molecular weight excluding hydrogens is 973 g/mol. The van der Waals surface area contributed by atoms with E-state index >= 15 is 0 Å². The summed E-state index contributed by atoms with van der Waals surface area (Å²) in [6.45, 7) is 4.71. The molecule has 1 aliphatic rings. The summed E-state index contributed by atoms with van der Waals surface area (Å²) in [6, 6.07) is 81.2. The number of thiophene rings is 1. The van der Waals surface area contributed by atoms with Crippen molar-refractivity contribution in [3.05, 3.63) is 242 Å². The van der Waals surface area contributed by atoms with Crippen LogP contribution in [0, 0.1) is 0 Å². The van der Waals surface area contributed by atoms with E-state index in [9.17, 15) is 0 Å². The molecule has 5 aromatic heterocycles. The number of rotatable bonds is 7. The number of hydrogen-bond acceptors (Lipinski definition) is 7. The molecule has 15 aromatic rings. The minimum Gasteiger partial charge on any atom is -0.277 e. The lowest BCUT2D eigenvalue weighted by molar-refractivity contribution is 0.663. The Morgan fingerprint density at radius 3 is 1.45 bits per heavy atom. The van der Waals surface area contributed by atoms with Crippen LogP contribution in [0.4, 0.5) is 0 Å². The van der Waals surface area contributed by atoms with E-state index in [1.54, 1.807) is 0 Å². The number of fused-ring (bicyclic) bond motifs is 14. The van der Waals surface area contributed by atoms with Crippen molar-refractivity contribution in [2.24, 2.45) is 0 Å². The fourth-order valence-electron chi connectivity index (χ4n) is 12.3. The lowest BCUT2D eigenvalue weighted by Gasteiger charge is -2.24. The van der Waals surface area contributed by atoms with Crippen molar-refractivity contribution >= 4 is 75.1 Å². The first-order chi connectivity index (χ1) is 38.4. The van der Waals surface area contributed by atoms with Crippen LogP contribution in [-0.2, 0) is 5.41 Å². The second kappa shape index (κ2) is 17.0. The second-order valence-corrected chi connectivity index (χ2v) is 21.7. The van der Waals surface area contributed by atoms with Gasteiger partial charge in [0.1, 0.15) is 0 Å². The first-order valence-corrected chi connectivity index (χ1v) is 27.1. The first-order valence-electron chi connectivity index (χ1n) is 26.3. The average Bonchev–Trinajstić information content (AvgIpc) is 3.68. The maximum Gasteiger partial charge on any atom is 0.238 e. The van der Waals surface area contributed by atoms with Gasteiger partial charge in [-0.05, 0) is 63.7 Å². The van der Waals surface area contributed by atoms with Gasteiger partial charge in [-0.15, -0.1) is 11.3 Å². The lowest BCUT2D eigenvalue weighted by Crippen LogP contribution is -2.17. The van der Waals surface area contributed by atoms with E-state index in [2.05, 4.69) is 199 Å². The molecule has 1 aliphatic carbocycles. The lowest BCUT2D eigenvalue weighted by atomic mass is 9.80. The van der Waals surface area contributed by atoms with Gasteiger partial charge < -0.3 is 0 Å². The summed E-state index contributed by atoms with van der Waals surface area (Å²) < 4.78 is 7.00. The smallest absolute Gasteiger partial charge is 0.238 e. The third-order valence-corrected chi connectivity index (χ3v) is 17.0. The fraction of sp³-hybridized carbons (Fsp3) is 0.0435. The number of benzene rings is 10. The van der Waals surface area contributed by atoms with Crippen molar-refractivity contribution in [1.29, 1.82) is 0 Å². The Kier molecular flexibility index (Phi) is 9.68. The third-order valence-electron chi connectivity index (χ3n) is 15.8. The quantitative estimate of drug-likeness (QED) is 0.158. The summed E-state index contributed by atoms with van der Waals surface area (Å²) in [4.78, 5) is 32.0. The molecule has 0 atom stereocenters. The molecule has 0 saturated heterocycles. The zero-order valence-electron chi connectivity index (χ0n) is 42.4. The Balaban J connectivity index is 0.950. The van der Waals surface area contributed by atoms with E-state index in [0.29, 0.717) is 35.2 Å². The van der Waals surface area contributed by atoms with Gasteiger partial charge in [-0.1, -0.05) is 214 Å². The molecule has 0 spiro atoms. The topological polar surface area (TPSA) is 87.2 Å². The maximum atomic E-state index is 5.51. The van der Waals surface area contributed by atoms with Crippen LogP contribution in [0.3, 0.4) is 0 Å². The molecule has 0 amide bonds. The van der Waals surface area contributed by atoms with E-state index in [0.717, 1.165) is 77.0 Å². The van der Waals surface area contributed by atoms with Crippen molar-refractivity contribution in [2.75, 3.05) is 0 Å². The minimum atomic E-state index is -0.419. The van der Waals surface area contributed by atoms with Crippen LogP contribution in [0.2, 0.25) is 0 Å². The van der Waals surface area contributed by atoms with Gasteiger partial charge in [0.25, 0.3) is 0 Å². The van der Waals surface area contributed by atoms with Crippen LogP contribution < -0.4 is 0 Å². The van der Waals surface area contributed by atoms with Crippen molar-refractivity contribution in [3.8, 4) is 79.7 Å². The summed E-state index contributed by atoms with van der Waals surface area (Å²) in [5.74, 6) is 3.54. The number of nitrogens with zero attached hydrogens (tertiary/aromatic N) is 8. The number of aromatic nitrogens is 8. The van der Waals surface area contributed by atoms with Gasteiger partial charge in [-0.25, -0.2) is 9.97 Å². The highest BCUT2D eigenvalue weighted by molar-refractivity contribution is 7.26. The molecule has 0 radical (unpaired) electrons. The molecule has 16 rings (SSSR count). The van der Waals surface area contributed by atoms with Gasteiger partial charge in [-0.2, -0.15) is 19.9 Å². The van der Waals surface area contributed by atoms with Gasteiger partial charge in [0, 0.05) is 64.7 Å². The summed E-state index contributed by atoms with van der Waals surface area (Å²) >= 11 is 1.82. The van der Waals surface area contributed by atoms with Crippen molar-refractivity contribution in [1.82, 2.24) is 39.0 Å². The Labute approximate surface area is 452 Å². The highest BCUT2D eigenvalue weighted by atomic mass is 32.1. The molecule has 0 N–H and O–H groups in total. The van der Waals surface area contributed by atoms with Gasteiger partial charge >= 0.3 is 0 Å². The van der Waals surface area contributed by atoms with Crippen molar-refractivity contribution in [2.45, 2.75) is 19.3 Å². The van der Waals surface area contributed by atoms with E-state index in [1.165, 1.54) is 42.4 Å². The SMILES string of the molecule is CC1(C)c2ccccc2-c2c(-c3cccc(-c4nc(-c5ccccc5)nc(-n5c6ccccc6c6ccc7c8ccccc8sc7c65)n4)c3)cc3c4ccccc4n(-c4nc(-c5ccccc5)nc(-c5ccccc5)n4)c3c21. The molecule has 366 valence electrons. The number of para-hydroxylation sites is 2. The predicted molar refractivity (Wildman–Crippen MR) is 320 cm³/mol. The predicted octanol–water partition coefficient (Wildman–Crippen LogP) is 17.3. The number of hydrogen-bond donors (Lipinski definition) is 0. The van der Waals surface area contributed by atoms with Crippen LogP contribution >= 0.6 is 11.3 Å². The third kappa shape index (κ3) is 6.64. The highest BCUT2D eigenvalue weighted by Gasteiger charge is 2.41. The zero-order chi connectivity index (χ0) is 51.6. The fourth-order valence-corrected chi connectivity index (χ4v) is 13.5. The molecule has 0 bridgehead atoms. The van der Waals surface area contributed by atoms with E-state index in [4.69, 9.17) is 29.9 Å². The molecule has 0 unspecified atom stereocenters. The highest BCUT2D eigenvalue weighted by Crippen LogP contribution is 2.56. The largest absolute Gasteiger partial charge is 0.277 e. The summed E-state index contributed by atoms with van der Waals surface area (Å²) in [5, 5.41) is 6.99. The van der Waals surface area contributed by atoms with E-state index in [1.807, 2.05) is 65.9 Å². The van der Waals surface area contributed by atoms with Crippen molar-refractivity contribution < 1.29 is 0 Å². The van der Waals surface area contributed by atoms with E-state index in [-0.39, 0.29) is 0 Å². The van der Waals surface area contributed by atoms with Gasteiger partial charge in [0.15, 0.2) is 23.3 Å². The Morgan fingerprint density at radius 1 is 0.346 bits per heavy atom. The Bertz CT molecular complexity index is 4880. The standard InChI is InChI=1S/C69H44N8S/c1-69(2)54-33-16-12-32-51(54)58-52(40-53-47-30-14-18-35-56(47)76(60(53)59(58)69)67-72-63(41-21-6-3-7-22-41)70-64(73-67)42-23-8-4-9-24-42)44-27-20-28-45(39-44)66-71-65(43-25-10-5-11-26-43)74-68(75-66)77-55-34-17-13-29-46(55)49-37-38-50-48-31-15-19-36-57(48)78-62(50)61(49)77/h3-40H,1-2H3. The average molecular weight is 1020 g/mol. The van der Waals surface area contributed by atoms with Gasteiger partial charge in [0.05, 0.1) is 26.8 Å². The van der Waals surface area contributed by atoms with Crippen LogP contribution in [0.15, 0.2) is 231 Å². The Morgan fingerprint density at radius 2 is 0.821 bits per heavy atom. The zero-order valence-corrected chi connectivity index (χ0v) is 43.2. The minimum absolute atomic E-state index is 0.419. The summed E-state index contributed by atoms with van der Waals surface area (Å²) in [7, 11) is 0. The van der Waals surface area contributed by atoms with Gasteiger partial charge in [-0.3, -0.25) is 9.13 Å². The second-order valence-electron chi connectivity index (χ2n) is 20.6. The van der Waals surface area contributed by atoms with E-state index < -0.39 is 5.41 Å². The Hall–Kier alpha value is -9.96. The molecule has 0 saturated carbocycles. The molecule has 78 heavy (non-hydrogen) atoms. The summed E-state index contributed by atoms with van der Waals surface area (Å²) in [5.41, 5.74) is 14.5. The molecule has 8 nitrogen and oxygen atoms in total. The maximum absolute atomic E-state index is 5.51. The molecule has 0 aliphatic heterocycles. The van der Waals surface area contributed by atoms with Crippen LogP contribution in [0.1, 0.15) is 25.0 Å². The molecule has 9 heteroatoms. The van der Waals surface area contributed by atoms with Gasteiger partial charge in [0.2, 0.25) is 11.9 Å². The van der Waals surface area contributed by atoms with Crippen molar-refractivity contribution in [3.63, 3.8) is 0 Å². The first kappa shape index (κ1) is 44.3. The molecule has 0 fully saturated rings. The summed E-state index contributed by atoms with van der Waals surface area (Å²) in [6.07, 6.45) is 0. The molecular formula is C69H44N8S. The van der Waals surface area contributed by atoms with Crippen LogP contribution in [0.5, 0.6) is 0 Å². The van der Waals surface area contributed by atoms with Crippen LogP contribution in [0.25, 0.3) is 143 Å². The normalized spacial score (nSPS) is 12.8. The molecule has 5 heterocycles. The molecule has 10 aromatic carbocycles. The van der Waals surface area contributed by atoms with Crippen LogP contribution in [-0.4, -0.2) is 39.0 Å². The monoisotopic (exact) mass is 1020 g/mol.